The SMILES string of the molecule is COc1cc(/C=N/OCC(=O)N2CCCc3ccccc32)ccc1OC(F)F. The van der Waals surface area contributed by atoms with Gasteiger partial charge in [-0.2, -0.15) is 8.78 Å². The molecule has 0 atom stereocenters. The molecule has 6 nitrogen and oxygen atoms in total. The minimum absolute atomic E-state index is 0.0745. The molecule has 1 aliphatic heterocycles. The molecule has 1 heterocycles. The van der Waals surface area contributed by atoms with Crippen LogP contribution in [-0.4, -0.2) is 39.0 Å². The van der Waals surface area contributed by atoms with E-state index in [1.807, 2.05) is 24.3 Å². The lowest BCUT2D eigenvalue weighted by molar-refractivity contribution is -0.123. The van der Waals surface area contributed by atoms with E-state index in [2.05, 4.69) is 9.89 Å². The lowest BCUT2D eigenvalue weighted by Crippen LogP contribution is -2.37. The summed E-state index contributed by atoms with van der Waals surface area (Å²) in [6.07, 6.45) is 3.22. The number of carbonyl (C=O) groups excluding carboxylic acids is 1. The summed E-state index contributed by atoms with van der Waals surface area (Å²) in [5, 5.41) is 3.78. The van der Waals surface area contributed by atoms with Gasteiger partial charge in [0, 0.05) is 17.8 Å². The molecule has 1 amide bonds. The predicted octanol–water partition coefficient (Wildman–Crippen LogP) is 3.63. The number of amides is 1. The first-order valence-electron chi connectivity index (χ1n) is 8.75. The molecule has 0 saturated carbocycles. The zero-order valence-corrected chi connectivity index (χ0v) is 15.3. The number of oxime groups is 1. The van der Waals surface area contributed by atoms with Crippen LogP contribution >= 0.6 is 0 Å². The monoisotopic (exact) mass is 390 g/mol. The van der Waals surface area contributed by atoms with Gasteiger partial charge in [0.1, 0.15) is 0 Å². The number of hydrogen-bond donors (Lipinski definition) is 0. The normalized spacial score (nSPS) is 13.5. The second-order valence-corrected chi connectivity index (χ2v) is 6.07. The summed E-state index contributed by atoms with van der Waals surface area (Å²) in [6.45, 7) is -2.50. The van der Waals surface area contributed by atoms with Gasteiger partial charge in [-0.3, -0.25) is 4.79 Å². The number of alkyl halides is 2. The van der Waals surface area contributed by atoms with Crippen LogP contribution in [0.1, 0.15) is 17.5 Å². The molecule has 0 saturated heterocycles. The second kappa shape index (κ2) is 9.16. The van der Waals surface area contributed by atoms with Gasteiger partial charge in [0.05, 0.1) is 13.3 Å². The maximum absolute atomic E-state index is 12.4. The highest BCUT2D eigenvalue weighted by atomic mass is 19.3. The van der Waals surface area contributed by atoms with Gasteiger partial charge >= 0.3 is 6.61 Å². The number of carbonyl (C=O) groups is 1. The lowest BCUT2D eigenvalue weighted by atomic mass is 10.0. The Hall–Kier alpha value is -3.16. The van der Waals surface area contributed by atoms with Crippen molar-refractivity contribution in [3.8, 4) is 11.5 Å². The number of nitrogens with zero attached hydrogens (tertiary/aromatic N) is 2. The molecule has 0 unspecified atom stereocenters. The van der Waals surface area contributed by atoms with E-state index < -0.39 is 6.61 Å². The van der Waals surface area contributed by atoms with Crippen molar-refractivity contribution in [2.24, 2.45) is 5.16 Å². The fraction of sp³-hybridized carbons (Fsp3) is 0.300. The molecule has 0 fully saturated rings. The summed E-state index contributed by atoms with van der Waals surface area (Å²) < 4.78 is 34.1. The summed E-state index contributed by atoms with van der Waals surface area (Å²) in [5.74, 6) is -0.109. The molecule has 2 aromatic carbocycles. The number of anilines is 1. The Morgan fingerprint density at radius 3 is 2.86 bits per heavy atom. The summed E-state index contributed by atoms with van der Waals surface area (Å²) in [6, 6.07) is 12.1. The third-order valence-corrected chi connectivity index (χ3v) is 4.28. The molecule has 3 rings (SSSR count). The molecular formula is C20H20F2N2O4. The Bertz CT molecular complexity index is 858. The maximum atomic E-state index is 12.4. The number of fused-ring (bicyclic) bond motifs is 1. The number of rotatable bonds is 7. The number of halogens is 2. The van der Waals surface area contributed by atoms with E-state index in [0.29, 0.717) is 12.1 Å². The highest BCUT2D eigenvalue weighted by molar-refractivity contribution is 5.95. The molecule has 0 bridgehead atoms. The molecular weight excluding hydrogens is 370 g/mol. The van der Waals surface area contributed by atoms with Crippen molar-refractivity contribution in [1.29, 1.82) is 0 Å². The van der Waals surface area contributed by atoms with Crippen molar-refractivity contribution < 1.29 is 27.9 Å². The van der Waals surface area contributed by atoms with E-state index in [0.717, 1.165) is 24.1 Å². The lowest BCUT2D eigenvalue weighted by Gasteiger charge is -2.28. The van der Waals surface area contributed by atoms with Gasteiger partial charge in [0.25, 0.3) is 5.91 Å². The molecule has 0 aromatic heterocycles. The quantitative estimate of drug-likeness (QED) is 0.535. The van der Waals surface area contributed by atoms with Gasteiger partial charge in [0.2, 0.25) is 0 Å². The molecule has 148 valence electrons. The molecule has 8 heteroatoms. The minimum atomic E-state index is -2.94. The summed E-state index contributed by atoms with van der Waals surface area (Å²) in [7, 11) is 1.35. The van der Waals surface area contributed by atoms with Crippen LogP contribution in [0, 0.1) is 0 Å². The van der Waals surface area contributed by atoms with E-state index >= 15 is 0 Å². The van der Waals surface area contributed by atoms with Crippen LogP contribution in [0.5, 0.6) is 11.5 Å². The van der Waals surface area contributed by atoms with E-state index in [-0.39, 0.29) is 24.0 Å². The molecule has 0 spiro atoms. The third-order valence-electron chi connectivity index (χ3n) is 4.28. The summed E-state index contributed by atoms with van der Waals surface area (Å²) in [5.41, 5.74) is 2.60. The van der Waals surface area contributed by atoms with E-state index in [1.165, 1.54) is 31.5 Å². The van der Waals surface area contributed by atoms with Crippen molar-refractivity contribution >= 4 is 17.8 Å². The first-order chi connectivity index (χ1) is 13.6. The Morgan fingerprint density at radius 2 is 2.07 bits per heavy atom. The summed E-state index contributed by atoms with van der Waals surface area (Å²) in [4.78, 5) is 19.3. The minimum Gasteiger partial charge on any atom is -0.493 e. The zero-order chi connectivity index (χ0) is 19.9. The average molecular weight is 390 g/mol. The van der Waals surface area contributed by atoms with Gasteiger partial charge in [0.15, 0.2) is 18.1 Å². The summed E-state index contributed by atoms with van der Waals surface area (Å²) >= 11 is 0. The number of ether oxygens (including phenoxy) is 2. The molecule has 0 radical (unpaired) electrons. The maximum Gasteiger partial charge on any atom is 0.387 e. The van der Waals surface area contributed by atoms with Gasteiger partial charge in [-0.1, -0.05) is 23.4 Å². The Labute approximate surface area is 161 Å². The van der Waals surface area contributed by atoms with Crippen LogP contribution in [-0.2, 0) is 16.1 Å². The van der Waals surface area contributed by atoms with Crippen molar-refractivity contribution in [3.63, 3.8) is 0 Å². The second-order valence-electron chi connectivity index (χ2n) is 6.07. The smallest absolute Gasteiger partial charge is 0.387 e. The van der Waals surface area contributed by atoms with Crippen LogP contribution in [0.15, 0.2) is 47.6 Å². The average Bonchev–Trinajstić information content (AvgIpc) is 2.71. The first-order valence-corrected chi connectivity index (χ1v) is 8.75. The first kappa shape index (κ1) is 19.6. The number of methoxy groups -OCH3 is 1. The fourth-order valence-corrected chi connectivity index (χ4v) is 3.02. The van der Waals surface area contributed by atoms with Crippen LogP contribution in [0.2, 0.25) is 0 Å². The highest BCUT2D eigenvalue weighted by Gasteiger charge is 2.22. The van der Waals surface area contributed by atoms with E-state index in [9.17, 15) is 13.6 Å². The van der Waals surface area contributed by atoms with Gasteiger partial charge in [-0.25, -0.2) is 0 Å². The Morgan fingerprint density at radius 1 is 1.25 bits per heavy atom. The molecule has 0 aliphatic carbocycles. The van der Waals surface area contributed by atoms with Crippen LogP contribution in [0.3, 0.4) is 0 Å². The van der Waals surface area contributed by atoms with Gasteiger partial charge in [-0.05, 0) is 42.7 Å². The number of para-hydroxylation sites is 1. The van der Waals surface area contributed by atoms with Crippen LogP contribution < -0.4 is 14.4 Å². The Kier molecular flexibility index (Phi) is 6.41. The van der Waals surface area contributed by atoms with Crippen LogP contribution in [0.4, 0.5) is 14.5 Å². The van der Waals surface area contributed by atoms with Crippen LogP contribution in [0.25, 0.3) is 0 Å². The number of aryl methyl sites for hydroxylation is 1. The largest absolute Gasteiger partial charge is 0.493 e. The Balaban J connectivity index is 1.58. The zero-order valence-electron chi connectivity index (χ0n) is 15.3. The van der Waals surface area contributed by atoms with E-state index in [4.69, 9.17) is 9.57 Å². The molecule has 28 heavy (non-hydrogen) atoms. The third kappa shape index (κ3) is 4.76. The van der Waals surface area contributed by atoms with Crippen molar-refractivity contribution in [3.05, 3.63) is 53.6 Å². The van der Waals surface area contributed by atoms with Gasteiger partial charge < -0.3 is 19.2 Å². The molecule has 2 aromatic rings. The molecule has 0 N–H and O–H groups in total. The topological polar surface area (TPSA) is 60.4 Å². The van der Waals surface area contributed by atoms with Crippen molar-refractivity contribution in [1.82, 2.24) is 0 Å². The van der Waals surface area contributed by atoms with Crippen molar-refractivity contribution in [2.45, 2.75) is 19.5 Å². The number of benzene rings is 2. The predicted molar refractivity (Wildman–Crippen MR) is 100 cm³/mol. The van der Waals surface area contributed by atoms with Crippen molar-refractivity contribution in [2.75, 3.05) is 25.2 Å². The van der Waals surface area contributed by atoms with Gasteiger partial charge in [-0.15, -0.1) is 0 Å². The number of hydrogen-bond acceptors (Lipinski definition) is 5. The standard InChI is InChI=1S/C20H20F2N2O4/c1-26-18-11-14(8-9-17(18)28-20(21)22)12-23-27-13-19(25)24-10-4-6-15-5-2-3-7-16(15)24/h2-3,5,7-9,11-12,20H,4,6,10,13H2,1H3/b23-12+. The molecule has 1 aliphatic rings. The highest BCUT2D eigenvalue weighted by Crippen LogP contribution is 2.29. The fourth-order valence-electron chi connectivity index (χ4n) is 3.02. The van der Waals surface area contributed by atoms with E-state index in [1.54, 1.807) is 4.90 Å².